The molecular formula is C20H20N4OS. The van der Waals surface area contributed by atoms with E-state index in [9.17, 15) is 0 Å². The molecule has 1 N–H and O–H groups in total. The van der Waals surface area contributed by atoms with Crippen LogP contribution < -0.4 is 10.1 Å². The number of nitrogens with one attached hydrogen (secondary N) is 1. The fraction of sp³-hybridized carbons (Fsp3) is 0.150. The van der Waals surface area contributed by atoms with Crippen LogP contribution >= 0.6 is 11.8 Å². The molecule has 0 saturated heterocycles. The van der Waals surface area contributed by atoms with Crippen LogP contribution in [0, 0.1) is 6.92 Å². The highest BCUT2D eigenvalue weighted by atomic mass is 32.2. The van der Waals surface area contributed by atoms with Crippen LogP contribution in [0.15, 0.2) is 66.0 Å². The molecule has 0 aliphatic rings. The van der Waals surface area contributed by atoms with E-state index in [2.05, 4.69) is 32.6 Å². The molecule has 0 aliphatic heterocycles. The topological polar surface area (TPSA) is 59.9 Å². The average molecular weight is 364 g/mol. The maximum absolute atomic E-state index is 5.15. The Morgan fingerprint density at radius 2 is 1.81 bits per heavy atom. The van der Waals surface area contributed by atoms with Crippen LogP contribution in [-0.4, -0.2) is 22.3 Å². The van der Waals surface area contributed by atoms with Crippen LogP contribution in [0.3, 0.4) is 0 Å². The maximum atomic E-state index is 5.15. The van der Waals surface area contributed by atoms with Crippen molar-refractivity contribution in [3.05, 3.63) is 77.7 Å². The summed E-state index contributed by atoms with van der Waals surface area (Å²) in [6.45, 7) is 1.90. The third-order valence-corrected chi connectivity index (χ3v) is 4.57. The van der Waals surface area contributed by atoms with Gasteiger partial charge in [0.25, 0.3) is 0 Å². The molecule has 0 amide bonds. The molecule has 0 saturated carbocycles. The van der Waals surface area contributed by atoms with Crippen molar-refractivity contribution in [3.63, 3.8) is 0 Å². The zero-order chi connectivity index (χ0) is 18.2. The first-order valence-corrected chi connectivity index (χ1v) is 9.18. The van der Waals surface area contributed by atoms with Gasteiger partial charge >= 0.3 is 0 Å². The SMILES string of the molecule is COc1ccc(NC=Cc2nc(SCc3ccccc3)nnc2C)cc1. The summed E-state index contributed by atoms with van der Waals surface area (Å²) in [4.78, 5) is 4.59. The number of rotatable bonds is 7. The normalized spacial score (nSPS) is 10.8. The summed E-state index contributed by atoms with van der Waals surface area (Å²) in [5.74, 6) is 1.65. The monoisotopic (exact) mass is 364 g/mol. The van der Waals surface area contributed by atoms with Crippen molar-refractivity contribution < 1.29 is 4.74 Å². The van der Waals surface area contributed by atoms with Gasteiger partial charge < -0.3 is 10.1 Å². The number of aromatic nitrogens is 3. The number of aryl methyl sites for hydroxylation is 1. The third-order valence-electron chi connectivity index (χ3n) is 3.66. The van der Waals surface area contributed by atoms with Crippen LogP contribution in [0.4, 0.5) is 5.69 Å². The second-order valence-electron chi connectivity index (χ2n) is 5.55. The van der Waals surface area contributed by atoms with E-state index in [1.165, 1.54) is 5.56 Å². The summed E-state index contributed by atoms with van der Waals surface area (Å²) in [5.41, 5.74) is 3.80. The lowest BCUT2D eigenvalue weighted by atomic mass is 10.2. The first-order chi connectivity index (χ1) is 12.7. The van der Waals surface area contributed by atoms with Crippen molar-refractivity contribution in [3.8, 4) is 5.75 Å². The van der Waals surface area contributed by atoms with Gasteiger partial charge in [-0.25, -0.2) is 4.98 Å². The van der Waals surface area contributed by atoms with Crippen molar-refractivity contribution in [2.24, 2.45) is 0 Å². The van der Waals surface area contributed by atoms with Gasteiger partial charge in [-0.15, -0.1) is 5.10 Å². The minimum absolute atomic E-state index is 0.670. The molecule has 0 bridgehead atoms. The number of hydrogen-bond donors (Lipinski definition) is 1. The number of nitrogens with zero attached hydrogens (tertiary/aromatic N) is 3. The Labute approximate surface area is 157 Å². The molecule has 1 aromatic heterocycles. The lowest BCUT2D eigenvalue weighted by molar-refractivity contribution is 0.415. The van der Waals surface area contributed by atoms with Gasteiger partial charge in [0, 0.05) is 17.6 Å². The Morgan fingerprint density at radius 3 is 2.54 bits per heavy atom. The van der Waals surface area contributed by atoms with E-state index in [0.29, 0.717) is 5.16 Å². The Kier molecular flexibility index (Phi) is 6.22. The number of thioether (sulfide) groups is 1. The standard InChI is InChI=1S/C20H20N4OS/c1-15-19(12-13-21-17-8-10-18(25-2)11-9-17)22-20(24-23-15)26-14-16-6-4-3-5-7-16/h3-13,21H,14H2,1-2H3. The summed E-state index contributed by atoms with van der Waals surface area (Å²) in [6, 6.07) is 18.0. The van der Waals surface area contributed by atoms with Crippen LogP contribution in [0.25, 0.3) is 6.08 Å². The summed E-state index contributed by atoms with van der Waals surface area (Å²) >= 11 is 1.58. The molecule has 1 heterocycles. The van der Waals surface area contributed by atoms with Crippen molar-refractivity contribution in [1.29, 1.82) is 0 Å². The largest absolute Gasteiger partial charge is 0.497 e. The Bertz CT molecular complexity index is 867. The molecule has 0 radical (unpaired) electrons. The van der Waals surface area contributed by atoms with Gasteiger partial charge in [0.2, 0.25) is 5.16 Å². The molecule has 0 fully saturated rings. The Morgan fingerprint density at radius 1 is 1.04 bits per heavy atom. The zero-order valence-corrected chi connectivity index (χ0v) is 15.5. The number of ether oxygens (including phenoxy) is 1. The number of anilines is 1. The van der Waals surface area contributed by atoms with Crippen molar-refractivity contribution in [1.82, 2.24) is 15.2 Å². The third kappa shape index (κ3) is 5.07. The minimum atomic E-state index is 0.670. The lowest BCUT2D eigenvalue weighted by Crippen LogP contribution is -1.99. The molecule has 0 aliphatic carbocycles. The van der Waals surface area contributed by atoms with Gasteiger partial charge in [0.15, 0.2) is 0 Å². The summed E-state index contributed by atoms with van der Waals surface area (Å²) in [5, 5.41) is 12.3. The average Bonchev–Trinajstić information content (AvgIpc) is 2.69. The highest BCUT2D eigenvalue weighted by Crippen LogP contribution is 2.20. The fourth-order valence-electron chi connectivity index (χ4n) is 2.22. The van der Waals surface area contributed by atoms with E-state index in [1.807, 2.05) is 61.7 Å². The van der Waals surface area contributed by atoms with Crippen molar-refractivity contribution in [2.45, 2.75) is 17.8 Å². The Balaban J connectivity index is 1.63. The van der Waals surface area contributed by atoms with Crippen LogP contribution in [0.1, 0.15) is 17.0 Å². The number of benzene rings is 2. The highest BCUT2D eigenvalue weighted by molar-refractivity contribution is 7.98. The van der Waals surface area contributed by atoms with E-state index in [4.69, 9.17) is 4.74 Å². The van der Waals surface area contributed by atoms with Gasteiger partial charge in [0.1, 0.15) is 5.75 Å². The predicted octanol–water partition coefficient (Wildman–Crippen LogP) is 4.56. The van der Waals surface area contributed by atoms with Gasteiger partial charge in [-0.2, -0.15) is 5.10 Å². The molecule has 26 heavy (non-hydrogen) atoms. The quantitative estimate of drug-likeness (QED) is 0.620. The van der Waals surface area contributed by atoms with E-state index in [0.717, 1.165) is 28.6 Å². The smallest absolute Gasteiger partial charge is 0.209 e. The van der Waals surface area contributed by atoms with Crippen LogP contribution in [0.5, 0.6) is 5.75 Å². The summed E-state index contributed by atoms with van der Waals surface area (Å²) in [7, 11) is 1.65. The molecular weight excluding hydrogens is 344 g/mol. The predicted molar refractivity (Wildman–Crippen MR) is 106 cm³/mol. The molecule has 0 spiro atoms. The molecule has 6 heteroatoms. The first-order valence-electron chi connectivity index (χ1n) is 8.20. The molecule has 0 unspecified atom stereocenters. The minimum Gasteiger partial charge on any atom is -0.497 e. The molecule has 0 atom stereocenters. The lowest BCUT2D eigenvalue weighted by Gasteiger charge is -2.04. The fourth-order valence-corrected chi connectivity index (χ4v) is 2.97. The van der Waals surface area contributed by atoms with Gasteiger partial charge in [0.05, 0.1) is 18.5 Å². The summed E-state index contributed by atoms with van der Waals surface area (Å²) in [6.07, 6.45) is 3.76. The van der Waals surface area contributed by atoms with E-state index in [1.54, 1.807) is 18.9 Å². The Hall–Kier alpha value is -2.86. The second-order valence-corrected chi connectivity index (χ2v) is 6.49. The van der Waals surface area contributed by atoms with Crippen molar-refractivity contribution in [2.75, 3.05) is 12.4 Å². The second kappa shape index (κ2) is 9.01. The molecule has 3 aromatic rings. The number of methoxy groups -OCH3 is 1. The first kappa shape index (κ1) is 17.9. The van der Waals surface area contributed by atoms with Gasteiger partial charge in [-0.3, -0.25) is 0 Å². The molecule has 2 aromatic carbocycles. The maximum Gasteiger partial charge on any atom is 0.209 e. The highest BCUT2D eigenvalue weighted by Gasteiger charge is 2.04. The molecule has 132 valence electrons. The van der Waals surface area contributed by atoms with Crippen LogP contribution in [0.2, 0.25) is 0 Å². The number of hydrogen-bond acceptors (Lipinski definition) is 6. The molecule has 5 nitrogen and oxygen atoms in total. The van der Waals surface area contributed by atoms with Crippen molar-refractivity contribution >= 4 is 23.5 Å². The van der Waals surface area contributed by atoms with E-state index in [-0.39, 0.29) is 0 Å². The van der Waals surface area contributed by atoms with Gasteiger partial charge in [-0.1, -0.05) is 42.1 Å². The van der Waals surface area contributed by atoms with Gasteiger partial charge in [-0.05, 0) is 42.8 Å². The molecule has 3 rings (SSSR count). The zero-order valence-electron chi connectivity index (χ0n) is 14.7. The van der Waals surface area contributed by atoms with E-state index < -0.39 is 0 Å². The summed E-state index contributed by atoms with van der Waals surface area (Å²) < 4.78 is 5.15. The van der Waals surface area contributed by atoms with E-state index >= 15 is 0 Å². The van der Waals surface area contributed by atoms with Crippen LogP contribution in [-0.2, 0) is 5.75 Å².